The van der Waals surface area contributed by atoms with Crippen molar-refractivity contribution in [3.05, 3.63) is 76.7 Å². The van der Waals surface area contributed by atoms with Crippen molar-refractivity contribution in [3.8, 4) is 5.75 Å². The molecule has 1 aliphatic rings. The van der Waals surface area contributed by atoms with Gasteiger partial charge in [0.15, 0.2) is 6.10 Å². The summed E-state index contributed by atoms with van der Waals surface area (Å²) in [6, 6.07) is 13.6. The van der Waals surface area contributed by atoms with Crippen LogP contribution in [0.3, 0.4) is 0 Å². The number of nitrogens with zero attached hydrogens (tertiary/aromatic N) is 2. The van der Waals surface area contributed by atoms with E-state index in [0.717, 1.165) is 56.7 Å². The lowest BCUT2D eigenvalue weighted by Gasteiger charge is -2.18. The number of carbonyl (C=O) groups excluding carboxylic acids is 1. The van der Waals surface area contributed by atoms with Crippen LogP contribution in [0.25, 0.3) is 38.1 Å². The van der Waals surface area contributed by atoms with Crippen LogP contribution in [0.4, 0.5) is 0 Å². The largest absolute Gasteiger partial charge is 0.481 e. The number of rotatable bonds is 6. The quantitative estimate of drug-likeness (QED) is 0.299. The molecule has 1 atom stereocenters. The van der Waals surface area contributed by atoms with Gasteiger partial charge in [0, 0.05) is 39.3 Å². The van der Waals surface area contributed by atoms with Crippen molar-refractivity contribution in [2.45, 2.75) is 45.3 Å². The van der Waals surface area contributed by atoms with Crippen LogP contribution in [0, 0.1) is 0 Å². The average Bonchev–Trinajstić information content (AvgIpc) is 3.57. The van der Waals surface area contributed by atoms with Crippen molar-refractivity contribution in [3.63, 3.8) is 0 Å². The maximum atomic E-state index is 13.6. The molecule has 1 saturated carbocycles. The van der Waals surface area contributed by atoms with E-state index < -0.39 is 6.10 Å². The Morgan fingerprint density at radius 3 is 2.68 bits per heavy atom. The highest BCUT2D eigenvalue weighted by Gasteiger charge is 2.27. The van der Waals surface area contributed by atoms with E-state index in [2.05, 4.69) is 16.9 Å². The molecule has 0 saturated heterocycles. The standard InChI is InChI=1S/C28H25N3O3/c1-15(2)14-21-23(34-16(3)27(32)30-17-8-9-17)11-10-22-24(21)20-12-13-29-25-18-6-4-5-7-19(18)28(33)31(22)26(20)25/h4-7,10-13,16-17H,1,8-9,14H2,2-3H3,(H,30,32). The Kier molecular flexibility index (Phi) is 4.59. The van der Waals surface area contributed by atoms with Gasteiger partial charge >= 0.3 is 0 Å². The minimum absolute atomic E-state index is 0.0665. The molecule has 0 spiro atoms. The predicted octanol–water partition coefficient (Wildman–Crippen LogP) is 4.76. The molecule has 0 radical (unpaired) electrons. The van der Waals surface area contributed by atoms with E-state index in [1.54, 1.807) is 17.5 Å². The van der Waals surface area contributed by atoms with Crippen molar-refractivity contribution in [1.82, 2.24) is 14.7 Å². The Morgan fingerprint density at radius 1 is 1.18 bits per heavy atom. The second-order valence-electron chi connectivity index (χ2n) is 9.36. The van der Waals surface area contributed by atoms with Crippen LogP contribution in [0.15, 0.2) is 65.6 Å². The van der Waals surface area contributed by atoms with Crippen LogP contribution in [0.1, 0.15) is 32.3 Å². The van der Waals surface area contributed by atoms with Crippen molar-refractivity contribution in [2.75, 3.05) is 0 Å². The minimum Gasteiger partial charge on any atom is -0.481 e. The van der Waals surface area contributed by atoms with Gasteiger partial charge < -0.3 is 10.1 Å². The smallest absolute Gasteiger partial charge is 0.263 e. The summed E-state index contributed by atoms with van der Waals surface area (Å²) in [4.78, 5) is 30.8. The summed E-state index contributed by atoms with van der Waals surface area (Å²) in [6.07, 6.45) is 3.78. The van der Waals surface area contributed by atoms with Gasteiger partial charge in [-0.2, -0.15) is 0 Å². The fourth-order valence-electron chi connectivity index (χ4n) is 4.89. The molecule has 3 heterocycles. The number of nitrogens with one attached hydrogen (secondary N) is 1. The Labute approximate surface area is 196 Å². The molecule has 34 heavy (non-hydrogen) atoms. The van der Waals surface area contributed by atoms with Crippen LogP contribution >= 0.6 is 0 Å². The van der Waals surface area contributed by atoms with Crippen LogP contribution in [0.5, 0.6) is 5.75 Å². The highest BCUT2D eigenvalue weighted by Crippen LogP contribution is 2.39. The lowest BCUT2D eigenvalue weighted by atomic mass is 9.99. The predicted molar refractivity (Wildman–Crippen MR) is 135 cm³/mol. The number of hydrogen-bond acceptors (Lipinski definition) is 4. The number of aromatic nitrogens is 2. The zero-order valence-corrected chi connectivity index (χ0v) is 19.2. The van der Waals surface area contributed by atoms with Gasteiger partial charge in [0.05, 0.1) is 16.6 Å². The van der Waals surface area contributed by atoms with Gasteiger partial charge in [0.1, 0.15) is 5.75 Å². The van der Waals surface area contributed by atoms with Gasteiger partial charge in [-0.05, 0) is 57.4 Å². The highest BCUT2D eigenvalue weighted by atomic mass is 16.5. The zero-order valence-electron chi connectivity index (χ0n) is 19.2. The lowest BCUT2D eigenvalue weighted by Crippen LogP contribution is -2.37. The summed E-state index contributed by atoms with van der Waals surface area (Å²) in [5.41, 5.74) is 4.24. The number of amides is 1. The molecule has 0 aliphatic heterocycles. The summed E-state index contributed by atoms with van der Waals surface area (Å²) in [6.45, 7) is 7.86. The lowest BCUT2D eigenvalue weighted by molar-refractivity contribution is -0.127. The van der Waals surface area contributed by atoms with Crippen molar-refractivity contribution in [2.24, 2.45) is 0 Å². The maximum Gasteiger partial charge on any atom is 0.263 e. The number of carbonyl (C=O) groups is 1. The first-order valence-corrected chi connectivity index (χ1v) is 11.6. The van der Waals surface area contributed by atoms with Crippen LogP contribution in [-0.2, 0) is 11.2 Å². The number of benzene rings is 2. The first-order chi connectivity index (χ1) is 16.4. The molecular formula is C28H25N3O3. The third kappa shape index (κ3) is 3.13. The Bertz CT molecular complexity index is 1680. The Hall–Kier alpha value is -3.93. The molecule has 170 valence electrons. The summed E-state index contributed by atoms with van der Waals surface area (Å²) in [7, 11) is 0. The number of allylic oxidation sites excluding steroid dienone is 1. The van der Waals surface area contributed by atoms with Crippen molar-refractivity contribution in [1.29, 1.82) is 0 Å². The third-order valence-electron chi connectivity index (χ3n) is 6.60. The van der Waals surface area contributed by atoms with Gasteiger partial charge in [-0.15, -0.1) is 0 Å². The first-order valence-electron chi connectivity index (χ1n) is 11.6. The fraction of sp³-hybridized carbons (Fsp3) is 0.250. The van der Waals surface area contributed by atoms with Crippen molar-refractivity contribution < 1.29 is 9.53 Å². The second-order valence-corrected chi connectivity index (χ2v) is 9.36. The summed E-state index contributed by atoms with van der Waals surface area (Å²) in [5, 5.41) is 6.37. The normalized spacial score (nSPS) is 14.8. The minimum atomic E-state index is -0.630. The van der Waals surface area contributed by atoms with E-state index in [1.807, 2.05) is 49.4 Å². The monoisotopic (exact) mass is 451 g/mol. The second kappa shape index (κ2) is 7.55. The molecule has 0 bridgehead atoms. The van der Waals surface area contributed by atoms with Gasteiger partial charge in [0.2, 0.25) is 0 Å². The summed E-state index contributed by atoms with van der Waals surface area (Å²) in [5.74, 6) is 0.525. The summed E-state index contributed by atoms with van der Waals surface area (Å²) >= 11 is 0. The number of pyridine rings is 2. The van der Waals surface area contributed by atoms with E-state index in [9.17, 15) is 9.59 Å². The topological polar surface area (TPSA) is 72.7 Å². The summed E-state index contributed by atoms with van der Waals surface area (Å²) < 4.78 is 7.98. The maximum absolute atomic E-state index is 13.6. The SMILES string of the molecule is C=C(C)Cc1c(OC(C)C(=O)NC2CC2)ccc2c1c1ccnc3c4ccccc4c(=O)n2c13. The van der Waals surface area contributed by atoms with E-state index in [4.69, 9.17) is 4.74 Å². The van der Waals surface area contributed by atoms with Crippen molar-refractivity contribution >= 4 is 44.0 Å². The third-order valence-corrected chi connectivity index (χ3v) is 6.60. The fourth-order valence-corrected chi connectivity index (χ4v) is 4.89. The molecule has 6 nitrogen and oxygen atoms in total. The first kappa shape index (κ1) is 20.7. The van der Waals surface area contributed by atoms with Gasteiger partial charge in [-0.1, -0.05) is 30.4 Å². The molecule has 1 N–H and O–H groups in total. The molecule has 3 aromatic heterocycles. The Balaban J connectivity index is 1.64. The van der Waals surface area contributed by atoms with Gasteiger partial charge in [-0.3, -0.25) is 19.0 Å². The van der Waals surface area contributed by atoms with Gasteiger partial charge in [-0.25, -0.2) is 0 Å². The van der Waals surface area contributed by atoms with E-state index in [-0.39, 0.29) is 17.5 Å². The number of ether oxygens (including phenoxy) is 1. The van der Waals surface area contributed by atoms with Gasteiger partial charge in [0.25, 0.3) is 11.5 Å². The van der Waals surface area contributed by atoms with Crippen LogP contribution in [-0.4, -0.2) is 27.4 Å². The van der Waals surface area contributed by atoms with E-state index in [0.29, 0.717) is 17.6 Å². The highest BCUT2D eigenvalue weighted by molar-refractivity contribution is 6.19. The molecule has 6 heteroatoms. The Morgan fingerprint density at radius 2 is 1.94 bits per heavy atom. The molecule has 1 unspecified atom stereocenters. The van der Waals surface area contributed by atoms with E-state index in [1.165, 1.54) is 0 Å². The molecule has 2 aromatic carbocycles. The number of fused-ring (bicyclic) bond motifs is 5. The molecule has 1 fully saturated rings. The van der Waals surface area contributed by atoms with Crippen LogP contribution < -0.4 is 15.6 Å². The zero-order chi connectivity index (χ0) is 23.6. The average molecular weight is 452 g/mol. The van der Waals surface area contributed by atoms with E-state index >= 15 is 0 Å². The molecule has 5 aromatic rings. The molecule has 1 amide bonds. The van der Waals surface area contributed by atoms with Crippen LogP contribution in [0.2, 0.25) is 0 Å². The number of hydrogen-bond donors (Lipinski definition) is 1. The molecular weight excluding hydrogens is 426 g/mol. The molecule has 6 rings (SSSR count). The molecule has 1 aliphatic carbocycles.